The standard InChI is InChI=1S/C12H12N4O3/c1-2-19-12(18)8-5-3-4-6-9(8)15-11(17)10-13-7-14-16-10/h3-7H,2H2,1H3,(H,15,17)(H,13,14,16). The molecule has 0 aliphatic rings. The van der Waals surface area contributed by atoms with Crippen LogP contribution in [0.5, 0.6) is 0 Å². The fourth-order valence-electron chi connectivity index (χ4n) is 1.48. The lowest BCUT2D eigenvalue weighted by Crippen LogP contribution is -2.17. The predicted octanol–water partition coefficient (Wildman–Crippen LogP) is 1.23. The number of rotatable bonds is 4. The number of hydrogen-bond acceptors (Lipinski definition) is 5. The number of benzene rings is 1. The summed E-state index contributed by atoms with van der Waals surface area (Å²) in [6.07, 6.45) is 1.23. The molecule has 0 radical (unpaired) electrons. The van der Waals surface area contributed by atoms with Gasteiger partial charge in [-0.15, -0.1) is 0 Å². The highest BCUT2D eigenvalue weighted by Crippen LogP contribution is 2.16. The van der Waals surface area contributed by atoms with E-state index in [1.807, 2.05) is 0 Å². The average Bonchev–Trinajstić information content (AvgIpc) is 2.93. The summed E-state index contributed by atoms with van der Waals surface area (Å²) in [6, 6.07) is 6.59. The summed E-state index contributed by atoms with van der Waals surface area (Å²) >= 11 is 0. The van der Waals surface area contributed by atoms with Crippen LogP contribution in [0.1, 0.15) is 27.9 Å². The normalized spacial score (nSPS) is 9.95. The smallest absolute Gasteiger partial charge is 0.340 e. The van der Waals surface area contributed by atoms with E-state index in [1.54, 1.807) is 31.2 Å². The highest BCUT2D eigenvalue weighted by atomic mass is 16.5. The summed E-state index contributed by atoms with van der Waals surface area (Å²) in [4.78, 5) is 27.3. The number of H-pyrrole nitrogens is 1. The largest absolute Gasteiger partial charge is 0.462 e. The second-order valence-electron chi connectivity index (χ2n) is 3.55. The Morgan fingerprint density at radius 1 is 1.37 bits per heavy atom. The van der Waals surface area contributed by atoms with Gasteiger partial charge in [-0.05, 0) is 19.1 Å². The number of anilines is 1. The molecule has 2 rings (SSSR count). The van der Waals surface area contributed by atoms with Crippen LogP contribution in [0.15, 0.2) is 30.6 Å². The lowest BCUT2D eigenvalue weighted by molar-refractivity contribution is 0.0527. The van der Waals surface area contributed by atoms with Crippen LogP contribution < -0.4 is 5.32 Å². The number of hydrogen-bond donors (Lipinski definition) is 2. The van der Waals surface area contributed by atoms with E-state index >= 15 is 0 Å². The SMILES string of the molecule is CCOC(=O)c1ccccc1NC(=O)c1ncn[nH]1. The van der Waals surface area contributed by atoms with Crippen LogP contribution in [0, 0.1) is 0 Å². The predicted molar refractivity (Wildman–Crippen MR) is 66.7 cm³/mol. The van der Waals surface area contributed by atoms with Crippen molar-refractivity contribution in [2.24, 2.45) is 0 Å². The van der Waals surface area contributed by atoms with Crippen LogP contribution >= 0.6 is 0 Å². The Kier molecular flexibility index (Phi) is 3.87. The molecule has 1 heterocycles. The zero-order valence-electron chi connectivity index (χ0n) is 10.2. The first-order chi connectivity index (χ1) is 9.22. The van der Waals surface area contributed by atoms with E-state index in [9.17, 15) is 9.59 Å². The molecular weight excluding hydrogens is 248 g/mol. The number of aromatic amines is 1. The van der Waals surface area contributed by atoms with Crippen LogP contribution in [0.4, 0.5) is 5.69 Å². The van der Waals surface area contributed by atoms with Crippen LogP contribution in [0.2, 0.25) is 0 Å². The summed E-state index contributed by atoms with van der Waals surface area (Å²) in [5.41, 5.74) is 0.652. The molecule has 1 aromatic heterocycles. The van der Waals surface area contributed by atoms with Gasteiger partial charge in [0.05, 0.1) is 17.9 Å². The summed E-state index contributed by atoms with van der Waals surface area (Å²) in [5, 5.41) is 8.60. The molecule has 0 bridgehead atoms. The molecule has 0 unspecified atom stereocenters. The third-order valence-electron chi connectivity index (χ3n) is 2.30. The number of nitrogens with one attached hydrogen (secondary N) is 2. The van der Waals surface area contributed by atoms with E-state index < -0.39 is 11.9 Å². The van der Waals surface area contributed by atoms with Crippen molar-refractivity contribution in [1.82, 2.24) is 15.2 Å². The Morgan fingerprint density at radius 3 is 2.84 bits per heavy atom. The Labute approximate surface area is 109 Å². The summed E-state index contributed by atoms with van der Waals surface area (Å²) in [7, 11) is 0. The minimum absolute atomic E-state index is 0.0682. The van der Waals surface area contributed by atoms with E-state index in [2.05, 4.69) is 20.5 Å². The number of para-hydroxylation sites is 1. The van der Waals surface area contributed by atoms with Crippen molar-refractivity contribution in [1.29, 1.82) is 0 Å². The van der Waals surface area contributed by atoms with Crippen molar-refractivity contribution in [3.63, 3.8) is 0 Å². The number of aromatic nitrogens is 3. The summed E-state index contributed by atoms with van der Waals surface area (Å²) in [6.45, 7) is 1.98. The molecule has 1 aromatic carbocycles. The lowest BCUT2D eigenvalue weighted by Gasteiger charge is -2.08. The molecule has 0 atom stereocenters. The van der Waals surface area contributed by atoms with E-state index in [4.69, 9.17) is 4.74 Å². The zero-order valence-corrected chi connectivity index (χ0v) is 10.2. The van der Waals surface area contributed by atoms with Gasteiger partial charge in [-0.2, -0.15) is 5.10 Å². The zero-order chi connectivity index (χ0) is 13.7. The van der Waals surface area contributed by atoms with Crippen LogP contribution in [-0.2, 0) is 4.74 Å². The molecule has 0 aliphatic carbocycles. The minimum atomic E-state index is -0.490. The van der Waals surface area contributed by atoms with Crippen molar-refractivity contribution in [3.8, 4) is 0 Å². The van der Waals surface area contributed by atoms with Crippen molar-refractivity contribution >= 4 is 17.6 Å². The minimum Gasteiger partial charge on any atom is -0.462 e. The van der Waals surface area contributed by atoms with Gasteiger partial charge in [-0.25, -0.2) is 9.78 Å². The fourth-order valence-corrected chi connectivity index (χ4v) is 1.48. The van der Waals surface area contributed by atoms with Gasteiger partial charge in [0.25, 0.3) is 5.91 Å². The maximum absolute atomic E-state index is 11.8. The Morgan fingerprint density at radius 2 is 2.16 bits per heavy atom. The molecule has 1 amide bonds. The number of nitrogens with zero attached hydrogens (tertiary/aromatic N) is 2. The molecule has 0 saturated carbocycles. The van der Waals surface area contributed by atoms with E-state index in [1.165, 1.54) is 6.33 Å². The van der Waals surface area contributed by atoms with Gasteiger partial charge in [0.15, 0.2) is 0 Å². The van der Waals surface area contributed by atoms with Gasteiger partial charge in [0.1, 0.15) is 6.33 Å². The highest BCUT2D eigenvalue weighted by Gasteiger charge is 2.15. The van der Waals surface area contributed by atoms with Crippen molar-refractivity contribution in [2.45, 2.75) is 6.92 Å². The van der Waals surface area contributed by atoms with Gasteiger partial charge in [0, 0.05) is 0 Å². The monoisotopic (exact) mass is 260 g/mol. The molecular formula is C12H12N4O3. The van der Waals surface area contributed by atoms with Crippen LogP contribution in [0.3, 0.4) is 0 Å². The molecule has 7 nitrogen and oxygen atoms in total. The molecule has 0 spiro atoms. The van der Waals surface area contributed by atoms with E-state index in [0.29, 0.717) is 5.69 Å². The fraction of sp³-hybridized carbons (Fsp3) is 0.167. The van der Waals surface area contributed by atoms with Gasteiger partial charge in [-0.3, -0.25) is 9.89 Å². The third-order valence-corrected chi connectivity index (χ3v) is 2.30. The second-order valence-corrected chi connectivity index (χ2v) is 3.55. The van der Waals surface area contributed by atoms with Gasteiger partial charge in [-0.1, -0.05) is 12.1 Å². The topological polar surface area (TPSA) is 97.0 Å². The summed E-state index contributed by atoms with van der Waals surface area (Å²) in [5.74, 6) is -0.899. The maximum Gasteiger partial charge on any atom is 0.340 e. The Hall–Kier alpha value is -2.70. The molecule has 98 valence electrons. The number of esters is 1. The van der Waals surface area contributed by atoms with Crippen LogP contribution in [0.25, 0.3) is 0 Å². The Balaban J connectivity index is 2.21. The van der Waals surface area contributed by atoms with Gasteiger partial charge >= 0.3 is 5.97 Å². The molecule has 0 fully saturated rings. The number of ether oxygens (including phenoxy) is 1. The summed E-state index contributed by atoms with van der Waals surface area (Å²) < 4.78 is 4.91. The van der Waals surface area contributed by atoms with Gasteiger partial charge in [0.2, 0.25) is 5.82 Å². The Bertz CT molecular complexity index is 580. The molecule has 2 aromatic rings. The number of carbonyl (C=O) groups excluding carboxylic acids is 2. The van der Waals surface area contributed by atoms with E-state index in [0.717, 1.165) is 0 Å². The number of carbonyl (C=O) groups is 2. The van der Waals surface area contributed by atoms with Gasteiger partial charge < -0.3 is 10.1 Å². The average molecular weight is 260 g/mol. The highest BCUT2D eigenvalue weighted by molar-refractivity contribution is 6.06. The maximum atomic E-state index is 11.8. The quantitative estimate of drug-likeness (QED) is 0.806. The molecule has 7 heteroatoms. The second kappa shape index (κ2) is 5.76. The van der Waals surface area contributed by atoms with E-state index in [-0.39, 0.29) is 18.0 Å². The molecule has 2 N–H and O–H groups in total. The first-order valence-electron chi connectivity index (χ1n) is 5.65. The van der Waals surface area contributed by atoms with Crippen LogP contribution in [-0.4, -0.2) is 33.7 Å². The van der Waals surface area contributed by atoms with Crippen molar-refractivity contribution in [3.05, 3.63) is 42.0 Å². The van der Waals surface area contributed by atoms with Crippen molar-refractivity contribution in [2.75, 3.05) is 11.9 Å². The lowest BCUT2D eigenvalue weighted by atomic mass is 10.2. The molecule has 0 saturated heterocycles. The number of amides is 1. The van der Waals surface area contributed by atoms with Crippen molar-refractivity contribution < 1.29 is 14.3 Å². The first-order valence-corrected chi connectivity index (χ1v) is 5.65. The first kappa shape index (κ1) is 12.7. The third kappa shape index (κ3) is 2.95. The molecule has 19 heavy (non-hydrogen) atoms. The molecule has 0 aliphatic heterocycles.